The summed E-state index contributed by atoms with van der Waals surface area (Å²) in [6.45, 7) is 3.64. The first-order valence-electron chi connectivity index (χ1n) is 8.64. The van der Waals surface area contributed by atoms with Crippen LogP contribution in [0.15, 0.2) is 46.0 Å². The van der Waals surface area contributed by atoms with E-state index >= 15 is 0 Å². The third-order valence-electron chi connectivity index (χ3n) is 4.97. The standard InChI is InChI=1S/C18H21F3N2O3S2/c1-13-12-22(9-10-23(13)28(25,26)16-4-3-11-27-16)15-7-5-14(6-8-15)17(2,24)18(19,20)21/h3-8,11,13,24H,9-10,12H2,1-2H3/t13-,17?/m0/s1. The Hall–Kier alpha value is -1.62. The summed E-state index contributed by atoms with van der Waals surface area (Å²) in [6.07, 6.45) is -4.77. The molecule has 2 aromatic rings. The van der Waals surface area contributed by atoms with Crippen molar-refractivity contribution in [3.05, 3.63) is 47.3 Å². The molecule has 1 aromatic carbocycles. The number of nitrogens with zero attached hydrogens (tertiary/aromatic N) is 2. The van der Waals surface area contributed by atoms with E-state index in [2.05, 4.69) is 0 Å². The molecule has 0 saturated carbocycles. The summed E-state index contributed by atoms with van der Waals surface area (Å²) in [5, 5.41) is 11.5. The highest BCUT2D eigenvalue weighted by Crippen LogP contribution is 2.39. The third kappa shape index (κ3) is 3.78. The van der Waals surface area contributed by atoms with Crippen LogP contribution in [0.5, 0.6) is 0 Å². The Bertz CT molecular complexity index is 911. The number of benzene rings is 1. The number of hydrogen-bond acceptors (Lipinski definition) is 5. The average molecular weight is 435 g/mol. The minimum atomic E-state index is -4.77. The van der Waals surface area contributed by atoms with Gasteiger partial charge in [-0.05, 0) is 43.0 Å². The Morgan fingerprint density at radius 2 is 1.79 bits per heavy atom. The van der Waals surface area contributed by atoms with Gasteiger partial charge in [-0.3, -0.25) is 0 Å². The van der Waals surface area contributed by atoms with E-state index in [0.29, 0.717) is 23.0 Å². The van der Waals surface area contributed by atoms with Gasteiger partial charge in [-0.1, -0.05) is 18.2 Å². The molecule has 0 bridgehead atoms. The van der Waals surface area contributed by atoms with Crippen LogP contribution in [0.3, 0.4) is 0 Å². The Morgan fingerprint density at radius 1 is 1.14 bits per heavy atom. The van der Waals surface area contributed by atoms with Crippen LogP contribution < -0.4 is 4.90 Å². The highest BCUT2D eigenvalue weighted by atomic mass is 32.2. The Kier molecular flexibility index (Phi) is 5.52. The molecule has 0 spiro atoms. The van der Waals surface area contributed by atoms with Gasteiger partial charge in [0.05, 0.1) is 0 Å². The van der Waals surface area contributed by atoms with Crippen molar-refractivity contribution in [2.75, 3.05) is 24.5 Å². The second-order valence-electron chi connectivity index (χ2n) is 6.96. The molecule has 0 amide bonds. The van der Waals surface area contributed by atoms with Gasteiger partial charge in [0, 0.05) is 31.4 Å². The van der Waals surface area contributed by atoms with Crippen molar-refractivity contribution in [2.24, 2.45) is 0 Å². The lowest BCUT2D eigenvalue weighted by molar-refractivity contribution is -0.258. The minimum Gasteiger partial charge on any atom is -0.376 e. The van der Waals surface area contributed by atoms with Crippen LogP contribution >= 0.6 is 11.3 Å². The van der Waals surface area contributed by atoms with E-state index in [1.807, 2.05) is 4.90 Å². The summed E-state index contributed by atoms with van der Waals surface area (Å²) in [6, 6.07) is 8.51. The number of sulfonamides is 1. The molecule has 2 atom stereocenters. The van der Waals surface area contributed by atoms with Gasteiger partial charge in [0.25, 0.3) is 10.0 Å². The van der Waals surface area contributed by atoms with Gasteiger partial charge in [-0.2, -0.15) is 17.5 Å². The molecule has 3 rings (SSSR count). The zero-order chi connectivity index (χ0) is 20.7. The number of thiophene rings is 1. The fraction of sp³-hybridized carbons (Fsp3) is 0.444. The Morgan fingerprint density at radius 3 is 2.29 bits per heavy atom. The fourth-order valence-electron chi connectivity index (χ4n) is 3.22. The van der Waals surface area contributed by atoms with Crippen molar-refractivity contribution in [3.8, 4) is 0 Å². The zero-order valence-corrected chi connectivity index (χ0v) is 17.0. The quantitative estimate of drug-likeness (QED) is 0.801. The van der Waals surface area contributed by atoms with Crippen molar-refractivity contribution >= 4 is 27.0 Å². The van der Waals surface area contributed by atoms with E-state index in [4.69, 9.17) is 0 Å². The first-order chi connectivity index (χ1) is 12.9. The van der Waals surface area contributed by atoms with E-state index in [1.54, 1.807) is 24.4 Å². The molecule has 1 aliphatic heterocycles. The van der Waals surface area contributed by atoms with Crippen molar-refractivity contribution in [1.29, 1.82) is 0 Å². The lowest BCUT2D eigenvalue weighted by Crippen LogP contribution is -2.53. The minimum absolute atomic E-state index is 0.240. The molecule has 1 fully saturated rings. The van der Waals surface area contributed by atoms with Gasteiger partial charge < -0.3 is 10.0 Å². The normalized spacial score (nSPS) is 21.5. The van der Waals surface area contributed by atoms with Gasteiger partial charge in [-0.25, -0.2) is 8.42 Å². The lowest BCUT2D eigenvalue weighted by Gasteiger charge is -2.40. The highest BCUT2D eigenvalue weighted by molar-refractivity contribution is 7.91. The number of alkyl halides is 3. The van der Waals surface area contributed by atoms with Crippen molar-refractivity contribution in [3.63, 3.8) is 0 Å². The first-order valence-corrected chi connectivity index (χ1v) is 11.0. The fourth-order valence-corrected chi connectivity index (χ4v) is 5.95. The SMILES string of the molecule is C[C@H]1CN(c2ccc(C(C)(O)C(F)(F)F)cc2)CCN1S(=O)(=O)c1cccs1. The summed E-state index contributed by atoms with van der Waals surface area (Å²) < 4.78 is 66.1. The van der Waals surface area contributed by atoms with Crippen LogP contribution in [-0.4, -0.2) is 49.7 Å². The lowest BCUT2D eigenvalue weighted by atomic mass is 9.95. The third-order valence-corrected chi connectivity index (χ3v) is 8.36. The molecule has 154 valence electrons. The predicted octanol–water partition coefficient (Wildman–Crippen LogP) is 3.42. The molecular formula is C18H21F3N2O3S2. The molecule has 5 nitrogen and oxygen atoms in total. The van der Waals surface area contributed by atoms with Crippen molar-refractivity contribution < 1.29 is 26.7 Å². The van der Waals surface area contributed by atoms with Crippen LogP contribution in [0.2, 0.25) is 0 Å². The van der Waals surface area contributed by atoms with Gasteiger partial charge in [0.1, 0.15) is 4.21 Å². The van der Waals surface area contributed by atoms with Crippen LogP contribution in [0.1, 0.15) is 19.4 Å². The number of anilines is 1. The van der Waals surface area contributed by atoms with Crippen molar-refractivity contribution in [1.82, 2.24) is 4.31 Å². The van der Waals surface area contributed by atoms with Crippen molar-refractivity contribution in [2.45, 2.75) is 35.9 Å². The maximum absolute atomic E-state index is 13.0. The highest BCUT2D eigenvalue weighted by Gasteiger charge is 2.51. The maximum Gasteiger partial charge on any atom is 0.421 e. The van der Waals surface area contributed by atoms with Crippen LogP contribution in [0.4, 0.5) is 18.9 Å². The number of halogens is 3. The van der Waals surface area contributed by atoms with Crippen LogP contribution in [0, 0.1) is 0 Å². The summed E-state index contributed by atoms with van der Waals surface area (Å²) in [7, 11) is -3.55. The summed E-state index contributed by atoms with van der Waals surface area (Å²) >= 11 is 1.17. The van der Waals surface area contributed by atoms with E-state index in [1.165, 1.54) is 39.9 Å². The number of hydrogen-bond donors (Lipinski definition) is 1. The molecule has 1 unspecified atom stereocenters. The number of rotatable bonds is 4. The van der Waals surface area contributed by atoms with E-state index in [-0.39, 0.29) is 18.2 Å². The molecular weight excluding hydrogens is 413 g/mol. The molecule has 1 saturated heterocycles. The van der Waals surface area contributed by atoms with Gasteiger partial charge >= 0.3 is 6.18 Å². The first kappa shape index (κ1) is 21.1. The summed E-state index contributed by atoms with van der Waals surface area (Å²) in [5.41, 5.74) is -2.48. The molecule has 2 heterocycles. The molecule has 10 heteroatoms. The summed E-state index contributed by atoms with van der Waals surface area (Å²) in [5.74, 6) is 0. The Balaban J connectivity index is 1.74. The Labute approximate surface area is 166 Å². The van der Waals surface area contributed by atoms with E-state index in [0.717, 1.165) is 6.92 Å². The number of piperazine rings is 1. The molecule has 0 radical (unpaired) electrons. The van der Waals surface area contributed by atoms with Gasteiger partial charge in [0.15, 0.2) is 5.60 Å². The molecule has 0 aliphatic carbocycles. The van der Waals surface area contributed by atoms with Gasteiger partial charge in [-0.15, -0.1) is 11.3 Å². The number of aliphatic hydroxyl groups is 1. The van der Waals surface area contributed by atoms with Gasteiger partial charge in [0.2, 0.25) is 0 Å². The molecule has 1 N–H and O–H groups in total. The average Bonchev–Trinajstić information content (AvgIpc) is 3.16. The van der Waals surface area contributed by atoms with E-state index in [9.17, 15) is 26.7 Å². The zero-order valence-electron chi connectivity index (χ0n) is 15.3. The topological polar surface area (TPSA) is 60.9 Å². The smallest absolute Gasteiger partial charge is 0.376 e. The van der Waals surface area contributed by atoms with E-state index < -0.39 is 21.8 Å². The molecule has 1 aromatic heterocycles. The largest absolute Gasteiger partial charge is 0.421 e. The second kappa shape index (κ2) is 7.33. The summed E-state index contributed by atoms with van der Waals surface area (Å²) in [4.78, 5) is 1.93. The maximum atomic E-state index is 13.0. The second-order valence-corrected chi connectivity index (χ2v) is 10.0. The van der Waals surface area contributed by atoms with Crippen LogP contribution in [0.25, 0.3) is 0 Å². The predicted molar refractivity (Wildman–Crippen MR) is 102 cm³/mol. The monoisotopic (exact) mass is 434 g/mol. The molecule has 28 heavy (non-hydrogen) atoms. The molecule has 1 aliphatic rings. The van der Waals surface area contributed by atoms with Crippen LogP contribution in [-0.2, 0) is 15.6 Å².